The maximum atomic E-state index is 13.0. The number of pyridine rings is 1. The van der Waals surface area contributed by atoms with E-state index in [4.69, 9.17) is 4.98 Å². The summed E-state index contributed by atoms with van der Waals surface area (Å²) in [4.78, 5) is 26.2. The van der Waals surface area contributed by atoms with Crippen LogP contribution >= 0.6 is 0 Å². The number of rotatable bonds is 5. The number of carbonyl (C=O) groups is 1. The molecule has 0 saturated heterocycles. The van der Waals surface area contributed by atoms with Crippen molar-refractivity contribution in [3.05, 3.63) is 95.9 Å². The van der Waals surface area contributed by atoms with Gasteiger partial charge in [-0.05, 0) is 61.0 Å². The van der Waals surface area contributed by atoms with Crippen molar-refractivity contribution in [2.45, 2.75) is 13.1 Å². The first kappa shape index (κ1) is 24.0. The third-order valence-corrected chi connectivity index (χ3v) is 5.85. The van der Waals surface area contributed by atoms with Crippen LogP contribution < -0.4 is 10.6 Å². The Bertz CT molecular complexity index is 1610. The molecule has 0 aliphatic heterocycles. The standard InChI is InChI=1S/C27H21F3N6O/c1-16-8-9-20(32-25(37)17-5-3-7-19(13-17)27(28,29)30)14-22(16)34-26-33-21-10-12-36(2)24(21)23(35-26)18-6-4-11-31-15-18/h3-15H,1-2H3,(H,32,37)(H,33,34,35). The van der Waals surface area contributed by atoms with Gasteiger partial charge < -0.3 is 15.2 Å². The maximum absolute atomic E-state index is 13.0. The first-order chi connectivity index (χ1) is 17.7. The quantitative estimate of drug-likeness (QED) is 0.292. The van der Waals surface area contributed by atoms with E-state index in [1.165, 1.54) is 12.1 Å². The molecule has 0 atom stereocenters. The highest BCUT2D eigenvalue weighted by Crippen LogP contribution is 2.31. The van der Waals surface area contributed by atoms with Gasteiger partial charge in [0.2, 0.25) is 5.95 Å². The summed E-state index contributed by atoms with van der Waals surface area (Å²) in [7, 11) is 1.92. The van der Waals surface area contributed by atoms with E-state index in [2.05, 4.69) is 20.6 Å². The predicted octanol–water partition coefficient (Wildman–Crippen LogP) is 6.35. The van der Waals surface area contributed by atoms with Crippen molar-refractivity contribution in [1.82, 2.24) is 19.5 Å². The highest BCUT2D eigenvalue weighted by atomic mass is 19.4. The molecule has 0 radical (unpaired) electrons. The zero-order valence-corrected chi connectivity index (χ0v) is 19.8. The van der Waals surface area contributed by atoms with Gasteiger partial charge in [-0.2, -0.15) is 13.2 Å². The number of nitrogens with one attached hydrogen (secondary N) is 2. The highest BCUT2D eigenvalue weighted by Gasteiger charge is 2.30. The largest absolute Gasteiger partial charge is 0.416 e. The maximum Gasteiger partial charge on any atom is 0.416 e. The van der Waals surface area contributed by atoms with Crippen LogP contribution in [0.2, 0.25) is 0 Å². The van der Waals surface area contributed by atoms with E-state index in [1.54, 1.807) is 30.6 Å². The average Bonchev–Trinajstić information content (AvgIpc) is 3.26. The highest BCUT2D eigenvalue weighted by molar-refractivity contribution is 6.04. The van der Waals surface area contributed by atoms with Crippen molar-refractivity contribution < 1.29 is 18.0 Å². The molecule has 186 valence electrons. The summed E-state index contributed by atoms with van der Waals surface area (Å²) in [5.41, 5.74) is 4.06. The van der Waals surface area contributed by atoms with Gasteiger partial charge in [0, 0.05) is 48.1 Å². The van der Waals surface area contributed by atoms with Gasteiger partial charge in [-0.15, -0.1) is 0 Å². The van der Waals surface area contributed by atoms with Crippen LogP contribution in [-0.2, 0) is 13.2 Å². The van der Waals surface area contributed by atoms with Crippen LogP contribution in [0.15, 0.2) is 79.3 Å². The molecule has 10 heteroatoms. The van der Waals surface area contributed by atoms with E-state index in [0.717, 1.165) is 34.3 Å². The molecule has 1 amide bonds. The molecule has 0 unspecified atom stereocenters. The van der Waals surface area contributed by atoms with Crippen molar-refractivity contribution in [2.75, 3.05) is 10.6 Å². The zero-order chi connectivity index (χ0) is 26.2. The van der Waals surface area contributed by atoms with Crippen molar-refractivity contribution in [1.29, 1.82) is 0 Å². The minimum absolute atomic E-state index is 0.0936. The first-order valence-electron chi connectivity index (χ1n) is 11.3. The van der Waals surface area contributed by atoms with Gasteiger partial charge in [0.05, 0.1) is 16.6 Å². The molecule has 0 spiro atoms. The minimum atomic E-state index is -4.54. The molecule has 3 aromatic heterocycles. The van der Waals surface area contributed by atoms with Gasteiger partial charge in [-0.3, -0.25) is 9.78 Å². The summed E-state index contributed by atoms with van der Waals surface area (Å²) < 4.78 is 41.1. The van der Waals surface area contributed by atoms with Crippen molar-refractivity contribution in [2.24, 2.45) is 7.05 Å². The summed E-state index contributed by atoms with van der Waals surface area (Å²) in [5, 5.41) is 5.88. The monoisotopic (exact) mass is 502 g/mol. The number of amides is 1. The Balaban J connectivity index is 1.44. The number of hydrogen-bond donors (Lipinski definition) is 2. The number of hydrogen-bond acceptors (Lipinski definition) is 5. The van der Waals surface area contributed by atoms with Gasteiger partial charge >= 0.3 is 6.18 Å². The lowest BCUT2D eigenvalue weighted by atomic mass is 10.1. The van der Waals surface area contributed by atoms with Crippen molar-refractivity contribution in [3.8, 4) is 11.3 Å². The molecule has 5 aromatic rings. The lowest BCUT2D eigenvalue weighted by molar-refractivity contribution is -0.137. The van der Waals surface area contributed by atoms with Crippen LogP contribution in [0.5, 0.6) is 0 Å². The van der Waals surface area contributed by atoms with E-state index in [-0.39, 0.29) is 5.56 Å². The zero-order valence-electron chi connectivity index (χ0n) is 19.8. The summed E-state index contributed by atoms with van der Waals surface area (Å²) in [6, 6.07) is 15.1. The van der Waals surface area contributed by atoms with Crippen LogP contribution in [0, 0.1) is 6.92 Å². The van der Waals surface area contributed by atoms with E-state index in [0.29, 0.717) is 23.0 Å². The third-order valence-electron chi connectivity index (χ3n) is 5.85. The molecule has 7 nitrogen and oxygen atoms in total. The Morgan fingerprint density at radius 3 is 2.59 bits per heavy atom. The van der Waals surface area contributed by atoms with Crippen LogP contribution in [-0.4, -0.2) is 25.4 Å². The number of nitrogens with zero attached hydrogens (tertiary/aromatic N) is 4. The van der Waals surface area contributed by atoms with Crippen LogP contribution in [0.3, 0.4) is 0 Å². The Labute approximate surface area is 210 Å². The fourth-order valence-electron chi connectivity index (χ4n) is 3.95. The minimum Gasteiger partial charge on any atom is -0.347 e. The number of benzene rings is 2. The van der Waals surface area contributed by atoms with Crippen molar-refractivity contribution in [3.63, 3.8) is 0 Å². The molecule has 0 saturated carbocycles. The van der Waals surface area contributed by atoms with E-state index in [1.807, 2.05) is 42.9 Å². The van der Waals surface area contributed by atoms with Crippen molar-refractivity contribution >= 4 is 34.3 Å². The van der Waals surface area contributed by atoms with Gasteiger partial charge in [-0.1, -0.05) is 12.1 Å². The molecule has 0 bridgehead atoms. The van der Waals surface area contributed by atoms with E-state index >= 15 is 0 Å². The number of carbonyl (C=O) groups excluding carboxylic acids is 1. The molecule has 0 fully saturated rings. The Hall–Kier alpha value is -4.73. The third kappa shape index (κ3) is 4.99. The lowest BCUT2D eigenvalue weighted by Crippen LogP contribution is -2.14. The molecule has 2 aromatic carbocycles. The molecular formula is C27H21F3N6O. The number of aromatic nitrogens is 4. The Kier molecular flexibility index (Phi) is 6.08. The SMILES string of the molecule is Cc1ccc(NC(=O)c2cccc(C(F)(F)F)c2)cc1Nc1nc(-c2cccnc2)c2c(ccn2C)n1. The summed E-state index contributed by atoms with van der Waals surface area (Å²) in [5.74, 6) is -0.302. The Morgan fingerprint density at radius 2 is 1.84 bits per heavy atom. The van der Waals surface area contributed by atoms with Gasteiger partial charge in [0.15, 0.2) is 0 Å². The number of fused-ring (bicyclic) bond motifs is 1. The van der Waals surface area contributed by atoms with Crippen LogP contribution in [0.25, 0.3) is 22.3 Å². The second-order valence-electron chi connectivity index (χ2n) is 8.49. The van der Waals surface area contributed by atoms with Crippen LogP contribution in [0.1, 0.15) is 21.5 Å². The lowest BCUT2D eigenvalue weighted by Gasteiger charge is -2.14. The smallest absolute Gasteiger partial charge is 0.347 e. The number of halogens is 3. The number of aryl methyl sites for hydroxylation is 2. The van der Waals surface area contributed by atoms with E-state index < -0.39 is 17.6 Å². The van der Waals surface area contributed by atoms with Gasteiger partial charge in [-0.25, -0.2) is 9.97 Å². The molecule has 2 N–H and O–H groups in total. The molecule has 0 aliphatic carbocycles. The fraction of sp³-hybridized carbons (Fsp3) is 0.111. The summed E-state index contributed by atoms with van der Waals surface area (Å²) in [6.45, 7) is 1.88. The van der Waals surface area contributed by atoms with Gasteiger partial charge in [0.1, 0.15) is 5.69 Å². The van der Waals surface area contributed by atoms with E-state index in [9.17, 15) is 18.0 Å². The summed E-state index contributed by atoms with van der Waals surface area (Å²) in [6.07, 6.45) is 0.784. The number of anilines is 3. The normalized spacial score (nSPS) is 11.5. The molecular weight excluding hydrogens is 481 g/mol. The fourth-order valence-corrected chi connectivity index (χ4v) is 3.95. The molecule has 0 aliphatic rings. The molecule has 37 heavy (non-hydrogen) atoms. The number of alkyl halides is 3. The molecule has 5 rings (SSSR count). The first-order valence-corrected chi connectivity index (χ1v) is 11.3. The second kappa shape index (κ2) is 9.38. The second-order valence-corrected chi connectivity index (χ2v) is 8.49. The molecule has 3 heterocycles. The topological polar surface area (TPSA) is 84.7 Å². The predicted molar refractivity (Wildman–Crippen MR) is 136 cm³/mol. The summed E-state index contributed by atoms with van der Waals surface area (Å²) >= 11 is 0. The van der Waals surface area contributed by atoms with Crippen LogP contribution in [0.4, 0.5) is 30.5 Å². The van der Waals surface area contributed by atoms with Gasteiger partial charge in [0.25, 0.3) is 5.91 Å². The average molecular weight is 503 g/mol. The Morgan fingerprint density at radius 1 is 1.00 bits per heavy atom.